The van der Waals surface area contributed by atoms with Gasteiger partial charge in [-0.25, -0.2) is 0 Å². The number of carbonyl (C=O) groups excluding carboxylic acids is 1. The second-order valence-electron chi connectivity index (χ2n) is 9.66. The van der Waals surface area contributed by atoms with E-state index in [4.69, 9.17) is 4.74 Å². The van der Waals surface area contributed by atoms with Gasteiger partial charge in [-0.3, -0.25) is 4.79 Å². The maximum absolute atomic E-state index is 13.2. The lowest BCUT2D eigenvalue weighted by molar-refractivity contribution is 0.0682. The molecule has 0 radical (unpaired) electrons. The maximum atomic E-state index is 13.2. The van der Waals surface area contributed by atoms with Gasteiger partial charge in [0.25, 0.3) is 0 Å². The van der Waals surface area contributed by atoms with E-state index in [0.29, 0.717) is 12.5 Å². The van der Waals surface area contributed by atoms with Gasteiger partial charge in [0.2, 0.25) is 5.78 Å². The lowest BCUT2D eigenvalue weighted by atomic mass is 9.88. The number of rotatable bonds is 6. The van der Waals surface area contributed by atoms with Gasteiger partial charge in [-0.15, -0.1) is 0 Å². The Kier molecular flexibility index (Phi) is 5.85. The molecule has 166 valence electrons. The molecule has 0 amide bonds. The normalized spacial score (nSPS) is 14.4. The first kappa shape index (κ1) is 22.1. The van der Waals surface area contributed by atoms with Crippen LogP contribution in [0.15, 0.2) is 54.6 Å². The van der Waals surface area contributed by atoms with Crippen LogP contribution >= 0.6 is 0 Å². The van der Waals surface area contributed by atoms with Gasteiger partial charge in [-0.1, -0.05) is 68.4 Å². The Morgan fingerprint density at radius 3 is 2.19 bits per heavy atom. The molecule has 0 bridgehead atoms. The van der Waals surface area contributed by atoms with Crippen LogP contribution in [0.1, 0.15) is 77.4 Å². The third-order valence-corrected chi connectivity index (χ3v) is 6.55. The van der Waals surface area contributed by atoms with E-state index in [9.17, 15) is 4.79 Å². The summed E-state index contributed by atoms with van der Waals surface area (Å²) in [6.45, 7) is 13.0. The minimum atomic E-state index is -0.839. The number of nitrogens with one attached hydrogen (secondary N) is 1. The van der Waals surface area contributed by atoms with Gasteiger partial charge in [0, 0.05) is 24.2 Å². The predicted molar refractivity (Wildman–Crippen MR) is 132 cm³/mol. The lowest BCUT2D eigenvalue weighted by Crippen LogP contribution is -2.32. The van der Waals surface area contributed by atoms with Crippen LogP contribution in [0.4, 0.5) is 5.69 Å². The molecule has 3 aromatic rings. The molecule has 0 unspecified atom stereocenters. The highest BCUT2D eigenvalue weighted by Crippen LogP contribution is 2.45. The van der Waals surface area contributed by atoms with Gasteiger partial charge in [0.1, 0.15) is 5.75 Å². The number of anilines is 1. The van der Waals surface area contributed by atoms with Crippen LogP contribution in [0.5, 0.6) is 5.75 Å². The van der Waals surface area contributed by atoms with E-state index in [2.05, 4.69) is 62.5 Å². The summed E-state index contributed by atoms with van der Waals surface area (Å²) < 4.78 is 6.27. The fourth-order valence-electron chi connectivity index (χ4n) is 4.53. The zero-order valence-corrected chi connectivity index (χ0v) is 20.0. The number of benzene rings is 3. The molecule has 0 spiro atoms. The van der Waals surface area contributed by atoms with Gasteiger partial charge in [0.15, 0.2) is 5.60 Å². The van der Waals surface area contributed by atoms with Gasteiger partial charge in [-0.2, -0.15) is 0 Å². The molecule has 0 aliphatic carbocycles. The third kappa shape index (κ3) is 4.04. The highest BCUT2D eigenvalue weighted by molar-refractivity contribution is 6.10. The molecular formula is C29H33NO2. The fraction of sp³-hybridized carbons (Fsp3) is 0.345. The van der Waals surface area contributed by atoms with Crippen LogP contribution in [0.3, 0.4) is 0 Å². The highest BCUT2D eigenvalue weighted by Gasteiger charge is 2.43. The Morgan fingerprint density at radius 1 is 0.906 bits per heavy atom. The van der Waals surface area contributed by atoms with E-state index >= 15 is 0 Å². The van der Waals surface area contributed by atoms with Gasteiger partial charge < -0.3 is 10.1 Å². The molecule has 0 atom stereocenters. The van der Waals surface area contributed by atoms with Crippen molar-refractivity contribution in [3.05, 3.63) is 93.5 Å². The average molecular weight is 428 g/mol. The SMILES string of the molecule is Cc1c(Cc2ccc(C(C)C)cc2)c2c(c(C)c1NCc1ccccc1)C(=O)C(C)(C)O2. The minimum absolute atomic E-state index is 0.0594. The van der Waals surface area contributed by atoms with Crippen molar-refractivity contribution in [3.8, 4) is 5.75 Å². The quantitative estimate of drug-likeness (QED) is 0.461. The second kappa shape index (κ2) is 8.46. The summed E-state index contributed by atoms with van der Waals surface area (Å²) in [7, 11) is 0. The van der Waals surface area contributed by atoms with Crippen molar-refractivity contribution in [1.82, 2.24) is 0 Å². The summed E-state index contributed by atoms with van der Waals surface area (Å²) in [5.41, 5.74) is 7.90. The van der Waals surface area contributed by atoms with Crippen molar-refractivity contribution in [2.45, 2.75) is 66.0 Å². The molecule has 3 heteroatoms. The molecule has 3 nitrogen and oxygen atoms in total. The first-order chi connectivity index (χ1) is 15.2. The third-order valence-electron chi connectivity index (χ3n) is 6.55. The highest BCUT2D eigenvalue weighted by atomic mass is 16.5. The second-order valence-corrected chi connectivity index (χ2v) is 9.66. The van der Waals surface area contributed by atoms with Gasteiger partial charge in [-0.05, 0) is 61.4 Å². The summed E-state index contributed by atoms with van der Waals surface area (Å²) in [6, 6.07) is 19.1. The van der Waals surface area contributed by atoms with Gasteiger partial charge >= 0.3 is 0 Å². The maximum Gasteiger partial charge on any atom is 0.209 e. The largest absolute Gasteiger partial charge is 0.479 e. The van der Waals surface area contributed by atoms with Crippen LogP contribution < -0.4 is 10.1 Å². The molecule has 1 heterocycles. The number of hydrogen-bond donors (Lipinski definition) is 1. The Hall–Kier alpha value is -3.07. The first-order valence-corrected chi connectivity index (χ1v) is 11.5. The Bertz CT molecular complexity index is 1140. The van der Waals surface area contributed by atoms with Crippen molar-refractivity contribution >= 4 is 11.5 Å². The summed E-state index contributed by atoms with van der Waals surface area (Å²) in [5.74, 6) is 1.32. The number of ether oxygens (including phenoxy) is 1. The number of hydrogen-bond acceptors (Lipinski definition) is 3. The van der Waals surface area contributed by atoms with E-state index in [1.165, 1.54) is 16.7 Å². The Balaban J connectivity index is 1.77. The zero-order chi connectivity index (χ0) is 23.0. The number of ketones is 1. The van der Waals surface area contributed by atoms with Crippen LogP contribution in [-0.4, -0.2) is 11.4 Å². The molecule has 0 aromatic heterocycles. The molecule has 0 fully saturated rings. The Labute approximate surface area is 191 Å². The van der Waals surface area contributed by atoms with Crippen LogP contribution in [-0.2, 0) is 13.0 Å². The molecule has 1 aliphatic rings. The summed E-state index contributed by atoms with van der Waals surface area (Å²) in [6.07, 6.45) is 0.732. The molecule has 4 rings (SSSR count). The molecule has 1 N–H and O–H groups in total. The van der Waals surface area contributed by atoms with Crippen molar-refractivity contribution in [2.75, 3.05) is 5.32 Å². The van der Waals surface area contributed by atoms with Crippen molar-refractivity contribution in [1.29, 1.82) is 0 Å². The molecule has 32 heavy (non-hydrogen) atoms. The molecular weight excluding hydrogens is 394 g/mol. The number of fused-ring (bicyclic) bond motifs is 1. The van der Waals surface area contributed by atoms with Crippen LogP contribution in [0.2, 0.25) is 0 Å². The minimum Gasteiger partial charge on any atom is -0.479 e. The topological polar surface area (TPSA) is 38.3 Å². The van der Waals surface area contributed by atoms with E-state index in [0.717, 1.165) is 40.1 Å². The van der Waals surface area contributed by atoms with Crippen molar-refractivity contribution in [2.24, 2.45) is 0 Å². The average Bonchev–Trinajstić information content (AvgIpc) is 3.01. The van der Waals surface area contributed by atoms with Crippen molar-refractivity contribution in [3.63, 3.8) is 0 Å². The van der Waals surface area contributed by atoms with E-state index in [1.807, 2.05) is 39.0 Å². The van der Waals surface area contributed by atoms with E-state index in [-0.39, 0.29) is 5.78 Å². The van der Waals surface area contributed by atoms with Crippen LogP contribution in [0, 0.1) is 13.8 Å². The summed E-state index contributed by atoms with van der Waals surface area (Å²) in [4.78, 5) is 13.2. The zero-order valence-electron chi connectivity index (χ0n) is 20.0. The monoisotopic (exact) mass is 427 g/mol. The number of Topliss-reactive ketones (excluding diaryl/α,β-unsaturated/α-hetero) is 1. The van der Waals surface area contributed by atoms with Crippen molar-refractivity contribution < 1.29 is 9.53 Å². The van der Waals surface area contributed by atoms with Gasteiger partial charge in [0.05, 0.1) is 5.56 Å². The predicted octanol–water partition coefficient (Wildman–Crippen LogP) is 6.98. The number of carbonyl (C=O) groups is 1. The molecule has 1 aliphatic heterocycles. The first-order valence-electron chi connectivity index (χ1n) is 11.5. The smallest absolute Gasteiger partial charge is 0.209 e. The standard InChI is InChI=1S/C29H33NO2/c1-18(2)23-14-12-21(13-15-23)16-24-19(3)26(30-17-22-10-8-7-9-11-22)20(4)25-27(24)32-29(5,6)28(25)31/h7-15,18,30H,16-17H2,1-6H3. The lowest BCUT2D eigenvalue weighted by Gasteiger charge is -2.21. The summed E-state index contributed by atoms with van der Waals surface area (Å²) in [5, 5.41) is 3.62. The fourth-order valence-corrected chi connectivity index (χ4v) is 4.53. The molecule has 0 saturated heterocycles. The van der Waals surface area contributed by atoms with Crippen LogP contribution in [0.25, 0.3) is 0 Å². The van der Waals surface area contributed by atoms with E-state index < -0.39 is 5.60 Å². The Morgan fingerprint density at radius 2 is 1.56 bits per heavy atom. The molecule has 0 saturated carbocycles. The summed E-state index contributed by atoms with van der Waals surface area (Å²) >= 11 is 0. The molecule has 3 aromatic carbocycles. The van der Waals surface area contributed by atoms with E-state index in [1.54, 1.807) is 0 Å².